The minimum atomic E-state index is -0.465. The van der Waals surface area contributed by atoms with Crippen LogP contribution in [0.3, 0.4) is 0 Å². The normalized spacial score (nSPS) is 13.4. The van der Waals surface area contributed by atoms with E-state index in [4.69, 9.17) is 9.47 Å². The van der Waals surface area contributed by atoms with Gasteiger partial charge in [-0.1, -0.05) is 158 Å². The van der Waals surface area contributed by atoms with Gasteiger partial charge in [0.25, 0.3) is 0 Å². The van der Waals surface area contributed by atoms with Gasteiger partial charge >= 0.3 is 0 Å². The molecule has 0 amide bonds. The Morgan fingerprint density at radius 1 is 0.357 bits per heavy atom. The monoisotopic (exact) mass is 715 g/mol. The van der Waals surface area contributed by atoms with Crippen LogP contribution in [0.1, 0.15) is 22.3 Å². The number of fused-ring (bicyclic) bond motifs is 14. The van der Waals surface area contributed by atoms with Gasteiger partial charge < -0.3 is 14.4 Å². The SMILES string of the molecule is c1ccc(-c2ccccc2N(c2ccc3c(c2)Oc2c(ccc4c2-c2ccccc2C42c4ccccc4-c4ccccc42)O3)c2ccc3ccccc3c2)cc1. The molecule has 3 heteroatoms. The third kappa shape index (κ3) is 4.28. The largest absolute Gasteiger partial charge is 0.449 e. The third-order valence-electron chi connectivity index (χ3n) is 11.9. The van der Waals surface area contributed by atoms with E-state index in [1.165, 1.54) is 49.7 Å². The highest BCUT2D eigenvalue weighted by atomic mass is 16.6. The maximum Gasteiger partial charge on any atom is 0.178 e. The molecule has 1 aliphatic heterocycles. The van der Waals surface area contributed by atoms with Crippen molar-refractivity contribution in [2.24, 2.45) is 0 Å². The smallest absolute Gasteiger partial charge is 0.178 e. The van der Waals surface area contributed by atoms with Crippen molar-refractivity contribution in [3.8, 4) is 56.4 Å². The number of hydrogen-bond donors (Lipinski definition) is 0. The molecular formula is C53H33NO2. The fourth-order valence-electron chi connectivity index (χ4n) is 9.62. The average molecular weight is 716 g/mol. The summed E-state index contributed by atoms with van der Waals surface area (Å²) in [7, 11) is 0. The summed E-state index contributed by atoms with van der Waals surface area (Å²) in [4.78, 5) is 2.33. The first kappa shape index (κ1) is 31.0. The summed E-state index contributed by atoms with van der Waals surface area (Å²) in [6.45, 7) is 0. The molecule has 9 aromatic carbocycles. The lowest BCUT2D eigenvalue weighted by Crippen LogP contribution is -2.25. The number of anilines is 3. The highest BCUT2D eigenvalue weighted by Gasteiger charge is 2.53. The van der Waals surface area contributed by atoms with Crippen LogP contribution < -0.4 is 14.4 Å². The third-order valence-corrected chi connectivity index (χ3v) is 11.9. The van der Waals surface area contributed by atoms with Gasteiger partial charge in [0.1, 0.15) is 0 Å². The van der Waals surface area contributed by atoms with E-state index >= 15 is 0 Å². The van der Waals surface area contributed by atoms with Crippen molar-refractivity contribution in [3.05, 3.63) is 222 Å². The fraction of sp³-hybridized carbons (Fsp3) is 0.0189. The van der Waals surface area contributed by atoms with Gasteiger partial charge in [-0.15, -0.1) is 0 Å². The van der Waals surface area contributed by atoms with Crippen LogP contribution in [0.5, 0.6) is 23.0 Å². The van der Waals surface area contributed by atoms with Crippen LogP contribution in [0.4, 0.5) is 17.1 Å². The predicted octanol–water partition coefficient (Wildman–Crippen LogP) is 14.2. The van der Waals surface area contributed by atoms with Crippen molar-refractivity contribution < 1.29 is 9.47 Å². The van der Waals surface area contributed by atoms with Gasteiger partial charge in [0, 0.05) is 22.9 Å². The van der Waals surface area contributed by atoms with Crippen molar-refractivity contribution >= 4 is 27.8 Å². The molecule has 0 bridgehead atoms. The lowest BCUT2D eigenvalue weighted by Gasteiger charge is -2.31. The molecule has 0 fully saturated rings. The van der Waals surface area contributed by atoms with Crippen molar-refractivity contribution in [3.63, 3.8) is 0 Å². The van der Waals surface area contributed by atoms with Crippen LogP contribution >= 0.6 is 0 Å². The van der Waals surface area contributed by atoms with Crippen LogP contribution in [0.25, 0.3) is 44.2 Å². The second kappa shape index (κ2) is 11.8. The molecule has 0 atom stereocenters. The number of ether oxygens (including phenoxy) is 2. The van der Waals surface area contributed by atoms with Gasteiger partial charge in [-0.05, 0) is 91.7 Å². The molecule has 0 radical (unpaired) electrons. The van der Waals surface area contributed by atoms with Crippen LogP contribution in [0, 0.1) is 0 Å². The number of benzene rings is 9. The van der Waals surface area contributed by atoms with Gasteiger partial charge in [0.05, 0.1) is 16.8 Å². The summed E-state index contributed by atoms with van der Waals surface area (Å²) < 4.78 is 13.9. The Morgan fingerprint density at radius 2 is 0.929 bits per heavy atom. The zero-order chi connectivity index (χ0) is 36.8. The molecule has 0 unspecified atom stereocenters. The van der Waals surface area contributed by atoms with E-state index in [2.05, 4.69) is 199 Å². The first-order valence-electron chi connectivity index (χ1n) is 19.2. The second-order valence-electron chi connectivity index (χ2n) is 14.8. The lowest BCUT2D eigenvalue weighted by atomic mass is 9.70. The first-order chi connectivity index (χ1) is 27.8. The zero-order valence-corrected chi connectivity index (χ0v) is 30.3. The molecule has 1 spiro atoms. The Kier molecular flexibility index (Phi) is 6.55. The van der Waals surface area contributed by atoms with Crippen molar-refractivity contribution in [1.29, 1.82) is 0 Å². The highest BCUT2D eigenvalue weighted by Crippen LogP contribution is 2.66. The van der Waals surface area contributed by atoms with Gasteiger partial charge in [0.15, 0.2) is 23.0 Å². The predicted molar refractivity (Wildman–Crippen MR) is 227 cm³/mol. The minimum Gasteiger partial charge on any atom is -0.449 e. The van der Waals surface area contributed by atoms with E-state index in [9.17, 15) is 0 Å². The summed E-state index contributed by atoms with van der Waals surface area (Å²) in [6, 6.07) is 71.6. The molecule has 3 aliphatic rings. The molecule has 56 heavy (non-hydrogen) atoms. The maximum absolute atomic E-state index is 7.15. The van der Waals surface area contributed by atoms with Crippen LogP contribution in [0.2, 0.25) is 0 Å². The number of rotatable bonds is 4. The average Bonchev–Trinajstić information content (AvgIpc) is 3.74. The molecule has 262 valence electrons. The molecule has 0 saturated heterocycles. The van der Waals surface area contributed by atoms with Gasteiger partial charge in [0.2, 0.25) is 0 Å². The number of hydrogen-bond acceptors (Lipinski definition) is 3. The summed E-state index contributed by atoms with van der Waals surface area (Å²) >= 11 is 0. The molecule has 9 aromatic rings. The summed E-state index contributed by atoms with van der Waals surface area (Å²) in [5.74, 6) is 2.84. The molecule has 1 heterocycles. The Bertz CT molecular complexity index is 3010. The van der Waals surface area contributed by atoms with Crippen LogP contribution in [-0.2, 0) is 5.41 Å². The zero-order valence-electron chi connectivity index (χ0n) is 30.3. The molecule has 0 aromatic heterocycles. The molecule has 12 rings (SSSR count). The van der Waals surface area contributed by atoms with E-state index < -0.39 is 5.41 Å². The van der Waals surface area contributed by atoms with Gasteiger partial charge in [-0.2, -0.15) is 0 Å². The van der Waals surface area contributed by atoms with E-state index in [-0.39, 0.29) is 0 Å². The van der Waals surface area contributed by atoms with Crippen LogP contribution in [-0.4, -0.2) is 0 Å². The number of nitrogens with zero attached hydrogens (tertiary/aromatic N) is 1. The minimum absolute atomic E-state index is 0.465. The van der Waals surface area contributed by atoms with E-state index in [1.807, 2.05) is 6.07 Å². The Balaban J connectivity index is 1.05. The quantitative estimate of drug-likeness (QED) is 0.181. The van der Waals surface area contributed by atoms with Crippen LogP contribution in [0.15, 0.2) is 200 Å². The lowest BCUT2D eigenvalue weighted by molar-refractivity contribution is 0.360. The fourth-order valence-corrected chi connectivity index (χ4v) is 9.62. The summed E-state index contributed by atoms with van der Waals surface area (Å²) in [5, 5.41) is 2.38. The Labute approximate surface area is 325 Å². The van der Waals surface area contributed by atoms with Crippen molar-refractivity contribution in [1.82, 2.24) is 0 Å². The summed E-state index contributed by atoms with van der Waals surface area (Å²) in [6.07, 6.45) is 0. The second-order valence-corrected chi connectivity index (χ2v) is 14.8. The van der Waals surface area contributed by atoms with Gasteiger partial charge in [-0.3, -0.25) is 0 Å². The Morgan fingerprint density at radius 3 is 1.70 bits per heavy atom. The van der Waals surface area contributed by atoms with E-state index in [1.54, 1.807) is 0 Å². The van der Waals surface area contributed by atoms with Gasteiger partial charge in [-0.25, -0.2) is 0 Å². The molecule has 2 aliphatic carbocycles. The first-order valence-corrected chi connectivity index (χ1v) is 19.2. The highest BCUT2D eigenvalue weighted by molar-refractivity contribution is 5.98. The molecule has 3 nitrogen and oxygen atoms in total. The Hall–Kier alpha value is -7.36. The molecule has 0 N–H and O–H groups in total. The summed E-state index contributed by atoms with van der Waals surface area (Å²) in [5.41, 5.74) is 14.8. The van der Waals surface area contributed by atoms with E-state index in [0.717, 1.165) is 45.3 Å². The standard InChI is InChI=1S/C53H33NO2/c1-2-15-35(16-3-1)39-18-9-13-25-47(39)54(37-27-26-34-14-4-5-17-36(34)32-37)38-28-30-48-50(33-38)56-52-49(55-48)31-29-46-51(52)42-21-8-12-24-45(42)53(46)43-22-10-6-19-40(43)41-20-7-11-23-44(41)53/h1-33H. The van der Waals surface area contributed by atoms with Crippen molar-refractivity contribution in [2.45, 2.75) is 5.41 Å². The molecule has 0 saturated carbocycles. The van der Waals surface area contributed by atoms with Crippen molar-refractivity contribution in [2.75, 3.05) is 4.90 Å². The van der Waals surface area contributed by atoms with E-state index in [0.29, 0.717) is 11.5 Å². The number of para-hydroxylation sites is 1. The maximum atomic E-state index is 7.15. The molecular weight excluding hydrogens is 683 g/mol. The topological polar surface area (TPSA) is 21.7 Å².